The normalized spacial score (nSPS) is 16.6. The summed E-state index contributed by atoms with van der Waals surface area (Å²) < 4.78 is 5.61. The molecule has 0 saturated heterocycles. The summed E-state index contributed by atoms with van der Waals surface area (Å²) in [4.78, 5) is 11.7. The number of rotatable bonds is 2. The van der Waals surface area contributed by atoms with Gasteiger partial charge in [0, 0.05) is 12.0 Å². The molecule has 0 amide bonds. The Morgan fingerprint density at radius 1 is 1.25 bits per heavy atom. The number of thiophene rings is 1. The smallest absolute Gasteiger partial charge is 0.161 e. The maximum atomic E-state index is 6.21. The van der Waals surface area contributed by atoms with Crippen LogP contribution in [-0.2, 0) is 17.6 Å². The van der Waals surface area contributed by atoms with Crippen molar-refractivity contribution in [3.05, 3.63) is 16.3 Å². The van der Waals surface area contributed by atoms with E-state index < -0.39 is 0 Å². The summed E-state index contributed by atoms with van der Waals surface area (Å²) in [6.07, 6.45) is 3.33. The van der Waals surface area contributed by atoms with Crippen LogP contribution in [0.2, 0.25) is 0 Å². The van der Waals surface area contributed by atoms with Gasteiger partial charge in [-0.1, -0.05) is 20.8 Å². The minimum absolute atomic E-state index is 0.0607. The number of aromatic nitrogens is 2. The zero-order chi connectivity index (χ0) is 14.5. The molecule has 0 radical (unpaired) electrons. The fourth-order valence-corrected chi connectivity index (χ4v) is 4.28. The van der Waals surface area contributed by atoms with Gasteiger partial charge in [-0.15, -0.1) is 11.3 Å². The first-order chi connectivity index (χ1) is 9.41. The molecule has 0 bridgehead atoms. The van der Waals surface area contributed by atoms with Gasteiger partial charge in [-0.3, -0.25) is 0 Å². The van der Waals surface area contributed by atoms with Crippen LogP contribution >= 0.6 is 11.3 Å². The van der Waals surface area contributed by atoms with Gasteiger partial charge in [-0.25, -0.2) is 9.97 Å². The molecule has 1 atom stereocenters. The molecule has 0 aromatic carbocycles. The molecule has 1 unspecified atom stereocenters. The van der Waals surface area contributed by atoms with Gasteiger partial charge in [0.25, 0.3) is 0 Å². The molecule has 4 nitrogen and oxygen atoms in total. The number of aryl methyl sites for hydroxylation is 2. The van der Waals surface area contributed by atoms with Crippen LogP contribution in [0.4, 0.5) is 5.82 Å². The number of methoxy groups -OCH3 is 1. The highest BCUT2D eigenvalue weighted by Gasteiger charge is 2.30. The van der Waals surface area contributed by atoms with E-state index in [2.05, 4.69) is 25.8 Å². The number of ether oxygens (including phenoxy) is 1. The molecule has 3 rings (SSSR count). The molecule has 1 aliphatic rings. The standard InChI is InChI=1S/C15H21N3OS/c1-15(2,3)11(19-4)13-17-12(16)10-8-6-5-7-9(8)20-14(10)18-13/h11H,5-7H2,1-4H3,(H2,16,17,18). The summed E-state index contributed by atoms with van der Waals surface area (Å²) in [5.74, 6) is 1.31. The molecule has 20 heavy (non-hydrogen) atoms. The Labute approximate surface area is 123 Å². The number of anilines is 1. The molecule has 2 heterocycles. The van der Waals surface area contributed by atoms with Crippen molar-refractivity contribution in [2.24, 2.45) is 5.41 Å². The third-order valence-electron chi connectivity index (χ3n) is 3.87. The van der Waals surface area contributed by atoms with E-state index in [9.17, 15) is 0 Å². The Morgan fingerprint density at radius 3 is 2.65 bits per heavy atom. The number of hydrogen-bond donors (Lipinski definition) is 1. The Kier molecular flexibility index (Phi) is 3.21. The predicted octanol–water partition coefficient (Wildman–Crippen LogP) is 3.50. The second-order valence-electron chi connectivity index (χ2n) is 6.49. The molecule has 0 spiro atoms. The van der Waals surface area contributed by atoms with E-state index in [0.717, 1.165) is 23.1 Å². The average Bonchev–Trinajstić information content (AvgIpc) is 2.86. The summed E-state index contributed by atoms with van der Waals surface area (Å²) >= 11 is 1.77. The van der Waals surface area contributed by atoms with Crippen molar-refractivity contribution in [3.63, 3.8) is 0 Å². The van der Waals surface area contributed by atoms with Crippen LogP contribution in [0.15, 0.2) is 0 Å². The van der Waals surface area contributed by atoms with Crippen LogP contribution in [0, 0.1) is 5.41 Å². The minimum atomic E-state index is -0.147. The number of nitrogens with zero attached hydrogens (tertiary/aromatic N) is 2. The van der Waals surface area contributed by atoms with Crippen LogP contribution in [0.1, 0.15) is 49.6 Å². The van der Waals surface area contributed by atoms with Gasteiger partial charge in [0.2, 0.25) is 0 Å². The Balaban J connectivity index is 2.15. The lowest BCUT2D eigenvalue weighted by atomic mass is 9.88. The molecule has 0 fully saturated rings. The van der Waals surface area contributed by atoms with Crippen molar-refractivity contribution < 1.29 is 4.74 Å². The molecule has 108 valence electrons. The number of nitrogen functional groups attached to an aromatic ring is 1. The fourth-order valence-electron chi connectivity index (χ4n) is 3.00. The molecular weight excluding hydrogens is 270 g/mol. The van der Waals surface area contributed by atoms with E-state index in [1.165, 1.54) is 16.9 Å². The first-order valence-electron chi connectivity index (χ1n) is 7.02. The Morgan fingerprint density at radius 2 is 2.00 bits per heavy atom. The summed E-state index contributed by atoms with van der Waals surface area (Å²) in [7, 11) is 1.70. The Hall–Kier alpha value is -1.20. The predicted molar refractivity (Wildman–Crippen MR) is 83.1 cm³/mol. The third-order valence-corrected chi connectivity index (χ3v) is 5.05. The zero-order valence-electron chi connectivity index (χ0n) is 12.5. The largest absolute Gasteiger partial charge is 0.383 e. The van der Waals surface area contributed by atoms with Crippen LogP contribution < -0.4 is 5.73 Å². The van der Waals surface area contributed by atoms with E-state index >= 15 is 0 Å². The van der Waals surface area contributed by atoms with Crippen LogP contribution in [-0.4, -0.2) is 17.1 Å². The lowest BCUT2D eigenvalue weighted by Crippen LogP contribution is -2.22. The second-order valence-corrected chi connectivity index (χ2v) is 7.57. The summed E-state index contributed by atoms with van der Waals surface area (Å²) in [6, 6.07) is 0. The topological polar surface area (TPSA) is 61.0 Å². The van der Waals surface area contributed by atoms with Gasteiger partial charge in [0.15, 0.2) is 5.82 Å². The summed E-state index contributed by atoms with van der Waals surface area (Å²) in [6.45, 7) is 6.37. The molecular formula is C15H21N3OS. The van der Waals surface area contributed by atoms with E-state index in [-0.39, 0.29) is 11.5 Å². The van der Waals surface area contributed by atoms with Crippen LogP contribution in [0.25, 0.3) is 10.2 Å². The SMILES string of the molecule is COC(c1nc(N)c2c3c(sc2n1)CCC3)C(C)(C)C. The third kappa shape index (κ3) is 2.09. The van der Waals surface area contributed by atoms with Crippen LogP contribution in [0.3, 0.4) is 0 Å². The van der Waals surface area contributed by atoms with Gasteiger partial charge >= 0.3 is 0 Å². The maximum Gasteiger partial charge on any atom is 0.161 e. The second kappa shape index (κ2) is 4.67. The van der Waals surface area contributed by atoms with Crippen molar-refractivity contribution in [1.29, 1.82) is 0 Å². The maximum absolute atomic E-state index is 6.21. The number of fused-ring (bicyclic) bond motifs is 3. The Bertz CT molecular complexity index is 657. The van der Waals surface area contributed by atoms with E-state index in [4.69, 9.17) is 15.5 Å². The van der Waals surface area contributed by atoms with E-state index in [1.54, 1.807) is 18.4 Å². The van der Waals surface area contributed by atoms with Gasteiger partial charge in [0.05, 0.1) is 5.39 Å². The van der Waals surface area contributed by atoms with Crippen molar-refractivity contribution >= 4 is 27.4 Å². The van der Waals surface area contributed by atoms with Crippen LogP contribution in [0.5, 0.6) is 0 Å². The van der Waals surface area contributed by atoms with Gasteiger partial charge in [-0.05, 0) is 30.2 Å². The molecule has 1 aliphatic carbocycles. The lowest BCUT2D eigenvalue weighted by Gasteiger charge is -2.28. The van der Waals surface area contributed by atoms with E-state index in [1.807, 2.05) is 0 Å². The number of nitrogens with two attached hydrogens (primary N) is 1. The van der Waals surface area contributed by atoms with Crippen molar-refractivity contribution in [2.75, 3.05) is 12.8 Å². The van der Waals surface area contributed by atoms with Crippen molar-refractivity contribution in [2.45, 2.75) is 46.1 Å². The monoisotopic (exact) mass is 291 g/mol. The first-order valence-corrected chi connectivity index (χ1v) is 7.84. The van der Waals surface area contributed by atoms with Gasteiger partial charge < -0.3 is 10.5 Å². The molecule has 0 saturated carbocycles. The highest BCUT2D eigenvalue weighted by molar-refractivity contribution is 7.19. The van der Waals surface area contributed by atoms with Crippen molar-refractivity contribution in [1.82, 2.24) is 9.97 Å². The molecule has 5 heteroatoms. The number of hydrogen-bond acceptors (Lipinski definition) is 5. The highest BCUT2D eigenvalue weighted by atomic mass is 32.1. The molecule has 2 aromatic heterocycles. The van der Waals surface area contributed by atoms with Gasteiger partial charge in [0.1, 0.15) is 16.8 Å². The quantitative estimate of drug-likeness (QED) is 0.920. The molecule has 0 aliphatic heterocycles. The fraction of sp³-hybridized carbons (Fsp3) is 0.600. The lowest BCUT2D eigenvalue weighted by molar-refractivity contribution is 0.00905. The highest BCUT2D eigenvalue weighted by Crippen LogP contribution is 2.41. The first kappa shape index (κ1) is 13.8. The van der Waals surface area contributed by atoms with E-state index in [0.29, 0.717) is 11.6 Å². The van der Waals surface area contributed by atoms with Gasteiger partial charge in [-0.2, -0.15) is 0 Å². The minimum Gasteiger partial charge on any atom is -0.383 e. The zero-order valence-corrected chi connectivity index (χ0v) is 13.3. The summed E-state index contributed by atoms with van der Waals surface area (Å²) in [5, 5.41) is 1.08. The molecule has 2 N–H and O–H groups in total. The molecule has 2 aromatic rings. The average molecular weight is 291 g/mol. The summed E-state index contributed by atoms with van der Waals surface area (Å²) in [5.41, 5.74) is 7.52. The van der Waals surface area contributed by atoms with Crippen molar-refractivity contribution in [3.8, 4) is 0 Å².